The molecule has 19 heavy (non-hydrogen) atoms. The molecule has 1 saturated heterocycles. The molecule has 1 N–H and O–H groups in total. The quantitative estimate of drug-likeness (QED) is 0.906. The molecule has 3 nitrogen and oxygen atoms in total. The predicted molar refractivity (Wildman–Crippen MR) is 78.5 cm³/mol. The van der Waals surface area contributed by atoms with Gasteiger partial charge in [0.25, 0.3) is 5.91 Å². The standard InChI is InChI=1S/C16H24N2O/c1-4-12(2)14-5-7-15(8-6-14)16(19)18-10-9-17-13(3)11-18/h5-8,12-13,17H,4,9-11H2,1-3H3. The van der Waals surface area contributed by atoms with Crippen molar-refractivity contribution in [2.75, 3.05) is 19.6 Å². The number of hydrogen-bond acceptors (Lipinski definition) is 2. The normalized spacial score (nSPS) is 21.2. The van der Waals surface area contributed by atoms with Crippen molar-refractivity contribution in [1.29, 1.82) is 0 Å². The Hall–Kier alpha value is -1.35. The van der Waals surface area contributed by atoms with E-state index in [1.165, 1.54) is 5.56 Å². The Bertz CT molecular complexity index is 427. The first-order valence-corrected chi connectivity index (χ1v) is 7.24. The molecule has 3 heteroatoms. The Balaban J connectivity index is 2.07. The lowest BCUT2D eigenvalue weighted by Gasteiger charge is -2.32. The van der Waals surface area contributed by atoms with Gasteiger partial charge >= 0.3 is 0 Å². The van der Waals surface area contributed by atoms with Crippen molar-refractivity contribution >= 4 is 5.91 Å². The van der Waals surface area contributed by atoms with E-state index < -0.39 is 0 Å². The van der Waals surface area contributed by atoms with Gasteiger partial charge in [0.2, 0.25) is 0 Å². The van der Waals surface area contributed by atoms with Crippen LogP contribution in [0.3, 0.4) is 0 Å². The van der Waals surface area contributed by atoms with E-state index in [0.717, 1.165) is 31.6 Å². The third-order valence-electron chi connectivity index (χ3n) is 4.00. The second-order valence-corrected chi connectivity index (χ2v) is 5.54. The van der Waals surface area contributed by atoms with Crippen LogP contribution in [0.1, 0.15) is 49.0 Å². The SMILES string of the molecule is CCC(C)c1ccc(C(=O)N2CCNC(C)C2)cc1. The van der Waals surface area contributed by atoms with Crippen LogP contribution in [0.4, 0.5) is 0 Å². The van der Waals surface area contributed by atoms with Gasteiger partial charge in [-0.2, -0.15) is 0 Å². The highest BCUT2D eigenvalue weighted by atomic mass is 16.2. The van der Waals surface area contributed by atoms with Crippen LogP contribution >= 0.6 is 0 Å². The minimum absolute atomic E-state index is 0.157. The van der Waals surface area contributed by atoms with E-state index in [9.17, 15) is 4.79 Å². The fraction of sp³-hybridized carbons (Fsp3) is 0.562. The van der Waals surface area contributed by atoms with Gasteiger partial charge < -0.3 is 10.2 Å². The number of piperazine rings is 1. The molecule has 0 saturated carbocycles. The number of carbonyl (C=O) groups excluding carboxylic acids is 1. The first-order chi connectivity index (χ1) is 9.11. The van der Waals surface area contributed by atoms with E-state index in [1.54, 1.807) is 0 Å². The summed E-state index contributed by atoms with van der Waals surface area (Å²) in [7, 11) is 0. The molecule has 1 fully saturated rings. The van der Waals surface area contributed by atoms with Crippen molar-refractivity contribution in [3.63, 3.8) is 0 Å². The lowest BCUT2D eigenvalue weighted by molar-refractivity contribution is 0.0709. The molecule has 1 aromatic rings. The average molecular weight is 260 g/mol. The highest BCUT2D eigenvalue weighted by Gasteiger charge is 2.21. The molecule has 0 aromatic heterocycles. The number of hydrogen-bond donors (Lipinski definition) is 1. The van der Waals surface area contributed by atoms with E-state index in [2.05, 4.69) is 38.2 Å². The molecule has 0 radical (unpaired) electrons. The van der Waals surface area contributed by atoms with Crippen molar-refractivity contribution in [2.24, 2.45) is 0 Å². The number of carbonyl (C=O) groups is 1. The molecule has 1 aliphatic heterocycles. The molecule has 2 unspecified atom stereocenters. The average Bonchev–Trinajstić information content (AvgIpc) is 2.46. The molecule has 104 valence electrons. The second-order valence-electron chi connectivity index (χ2n) is 5.54. The second kappa shape index (κ2) is 6.20. The molecule has 2 rings (SSSR count). The van der Waals surface area contributed by atoms with Crippen LogP contribution in [0, 0.1) is 0 Å². The van der Waals surface area contributed by atoms with Gasteiger partial charge in [-0.3, -0.25) is 4.79 Å². The van der Waals surface area contributed by atoms with Crippen LogP contribution in [-0.2, 0) is 0 Å². The van der Waals surface area contributed by atoms with Crippen LogP contribution in [0.25, 0.3) is 0 Å². The Labute approximate surface area is 116 Å². The van der Waals surface area contributed by atoms with E-state index in [0.29, 0.717) is 12.0 Å². The van der Waals surface area contributed by atoms with Gasteiger partial charge in [0.05, 0.1) is 0 Å². The zero-order valence-corrected chi connectivity index (χ0v) is 12.1. The molecular weight excluding hydrogens is 236 g/mol. The minimum Gasteiger partial charge on any atom is -0.336 e. The number of nitrogens with one attached hydrogen (secondary N) is 1. The number of amides is 1. The summed E-state index contributed by atoms with van der Waals surface area (Å²) in [5, 5.41) is 3.36. The summed E-state index contributed by atoms with van der Waals surface area (Å²) >= 11 is 0. The summed E-state index contributed by atoms with van der Waals surface area (Å²) in [5.41, 5.74) is 2.12. The number of benzene rings is 1. The molecule has 1 amide bonds. The fourth-order valence-electron chi connectivity index (χ4n) is 2.49. The van der Waals surface area contributed by atoms with Gasteiger partial charge in [-0.15, -0.1) is 0 Å². The highest BCUT2D eigenvalue weighted by Crippen LogP contribution is 2.19. The molecular formula is C16H24N2O. The van der Waals surface area contributed by atoms with Crippen LogP contribution in [0.5, 0.6) is 0 Å². The van der Waals surface area contributed by atoms with Crippen LogP contribution in [-0.4, -0.2) is 36.5 Å². The summed E-state index contributed by atoms with van der Waals surface area (Å²) in [6.07, 6.45) is 1.13. The van der Waals surface area contributed by atoms with Gasteiger partial charge in [0.1, 0.15) is 0 Å². The van der Waals surface area contributed by atoms with Crippen LogP contribution in [0.15, 0.2) is 24.3 Å². The van der Waals surface area contributed by atoms with Gasteiger partial charge in [0, 0.05) is 31.2 Å². The maximum absolute atomic E-state index is 12.4. The van der Waals surface area contributed by atoms with E-state index in [4.69, 9.17) is 0 Å². The summed E-state index contributed by atoms with van der Waals surface area (Å²) in [6, 6.07) is 8.50. The summed E-state index contributed by atoms with van der Waals surface area (Å²) < 4.78 is 0. The van der Waals surface area contributed by atoms with Gasteiger partial charge in [0.15, 0.2) is 0 Å². The summed E-state index contributed by atoms with van der Waals surface area (Å²) in [5.74, 6) is 0.715. The summed E-state index contributed by atoms with van der Waals surface area (Å²) in [6.45, 7) is 9.01. The van der Waals surface area contributed by atoms with E-state index in [1.807, 2.05) is 17.0 Å². The van der Waals surface area contributed by atoms with Crippen LogP contribution in [0.2, 0.25) is 0 Å². The molecule has 1 aromatic carbocycles. The maximum atomic E-state index is 12.4. The monoisotopic (exact) mass is 260 g/mol. The maximum Gasteiger partial charge on any atom is 0.253 e. The van der Waals surface area contributed by atoms with Crippen molar-refractivity contribution in [3.05, 3.63) is 35.4 Å². The Kier molecular flexibility index (Phi) is 4.59. The van der Waals surface area contributed by atoms with E-state index >= 15 is 0 Å². The number of nitrogens with zero attached hydrogens (tertiary/aromatic N) is 1. The molecule has 0 bridgehead atoms. The smallest absolute Gasteiger partial charge is 0.253 e. The predicted octanol–water partition coefficient (Wildman–Crippen LogP) is 2.63. The third kappa shape index (κ3) is 3.35. The first-order valence-electron chi connectivity index (χ1n) is 7.24. The lowest BCUT2D eigenvalue weighted by Crippen LogP contribution is -2.51. The molecule has 0 aliphatic carbocycles. The fourth-order valence-corrected chi connectivity index (χ4v) is 2.49. The topological polar surface area (TPSA) is 32.3 Å². The zero-order valence-electron chi connectivity index (χ0n) is 12.1. The van der Waals surface area contributed by atoms with Gasteiger partial charge in [-0.25, -0.2) is 0 Å². The van der Waals surface area contributed by atoms with Crippen LogP contribution < -0.4 is 5.32 Å². The number of rotatable bonds is 3. The molecule has 1 heterocycles. The van der Waals surface area contributed by atoms with Crippen molar-refractivity contribution < 1.29 is 4.79 Å². The largest absolute Gasteiger partial charge is 0.336 e. The molecule has 0 spiro atoms. The molecule has 1 aliphatic rings. The van der Waals surface area contributed by atoms with E-state index in [-0.39, 0.29) is 5.91 Å². The minimum atomic E-state index is 0.157. The zero-order chi connectivity index (χ0) is 13.8. The first kappa shape index (κ1) is 14.1. The summed E-state index contributed by atoms with van der Waals surface area (Å²) in [4.78, 5) is 14.3. The highest BCUT2D eigenvalue weighted by molar-refractivity contribution is 5.94. The Morgan fingerprint density at radius 1 is 1.42 bits per heavy atom. The third-order valence-corrected chi connectivity index (χ3v) is 4.00. The van der Waals surface area contributed by atoms with Crippen molar-refractivity contribution in [1.82, 2.24) is 10.2 Å². The van der Waals surface area contributed by atoms with Gasteiger partial charge in [-0.05, 0) is 37.0 Å². The van der Waals surface area contributed by atoms with Crippen molar-refractivity contribution in [3.8, 4) is 0 Å². The Morgan fingerprint density at radius 3 is 2.68 bits per heavy atom. The van der Waals surface area contributed by atoms with Gasteiger partial charge in [-0.1, -0.05) is 26.0 Å². The molecule has 2 atom stereocenters. The Morgan fingerprint density at radius 2 is 2.11 bits per heavy atom. The van der Waals surface area contributed by atoms with Crippen molar-refractivity contribution in [2.45, 2.75) is 39.2 Å². The lowest BCUT2D eigenvalue weighted by atomic mass is 9.97.